The van der Waals surface area contributed by atoms with Crippen LogP contribution in [0.3, 0.4) is 0 Å². The molecule has 1 aromatic carbocycles. The maximum Gasteiger partial charge on any atom is 0.126 e. The second-order valence-electron chi connectivity index (χ2n) is 5.62. The highest BCUT2D eigenvalue weighted by atomic mass is 16.3. The molecule has 0 aliphatic carbocycles. The molecule has 0 saturated carbocycles. The fraction of sp³-hybridized carbons (Fsp3) is 0.333. The second-order valence-corrected chi connectivity index (χ2v) is 5.62. The van der Waals surface area contributed by atoms with Gasteiger partial charge in [-0.25, -0.2) is 0 Å². The Morgan fingerprint density at radius 2 is 2.05 bits per heavy atom. The SMILES string of the molecule is CN(CC(C)(C)O)c1c(C(=N)N)cnc2ccccc12. The van der Waals surface area contributed by atoms with Gasteiger partial charge in [0, 0.05) is 25.2 Å². The Morgan fingerprint density at radius 3 is 2.65 bits per heavy atom. The average molecular weight is 272 g/mol. The largest absolute Gasteiger partial charge is 0.389 e. The normalized spacial score (nSPS) is 11.6. The van der Waals surface area contributed by atoms with Gasteiger partial charge in [0.15, 0.2) is 0 Å². The van der Waals surface area contributed by atoms with Crippen LogP contribution in [-0.4, -0.2) is 35.1 Å². The highest BCUT2D eigenvalue weighted by molar-refractivity contribution is 6.07. The van der Waals surface area contributed by atoms with Gasteiger partial charge in [-0.1, -0.05) is 18.2 Å². The predicted octanol–water partition coefficient (Wildman–Crippen LogP) is 1.73. The van der Waals surface area contributed by atoms with Gasteiger partial charge in [0.05, 0.1) is 22.4 Å². The molecule has 1 heterocycles. The molecule has 5 heteroatoms. The van der Waals surface area contributed by atoms with Gasteiger partial charge in [0.1, 0.15) is 5.84 Å². The number of anilines is 1. The number of amidine groups is 1. The molecule has 0 aliphatic heterocycles. The summed E-state index contributed by atoms with van der Waals surface area (Å²) in [6, 6.07) is 7.71. The van der Waals surface area contributed by atoms with E-state index in [0.717, 1.165) is 16.6 Å². The van der Waals surface area contributed by atoms with Crippen molar-refractivity contribution in [2.24, 2.45) is 5.73 Å². The fourth-order valence-electron chi connectivity index (χ4n) is 2.39. The molecule has 0 radical (unpaired) electrons. The molecule has 106 valence electrons. The van der Waals surface area contributed by atoms with E-state index in [1.54, 1.807) is 20.0 Å². The van der Waals surface area contributed by atoms with Crippen molar-refractivity contribution in [2.45, 2.75) is 19.4 Å². The lowest BCUT2D eigenvalue weighted by molar-refractivity contribution is 0.0887. The maximum absolute atomic E-state index is 10.0. The maximum atomic E-state index is 10.0. The van der Waals surface area contributed by atoms with Gasteiger partial charge >= 0.3 is 0 Å². The first-order chi connectivity index (χ1) is 9.29. The first kappa shape index (κ1) is 14.3. The first-order valence-electron chi connectivity index (χ1n) is 6.45. The van der Waals surface area contributed by atoms with Gasteiger partial charge in [0.2, 0.25) is 0 Å². The minimum absolute atomic E-state index is 0.0270. The van der Waals surface area contributed by atoms with Crippen molar-refractivity contribution in [3.05, 3.63) is 36.0 Å². The van der Waals surface area contributed by atoms with Crippen LogP contribution in [0.4, 0.5) is 5.69 Å². The molecule has 0 aliphatic rings. The van der Waals surface area contributed by atoms with Crippen LogP contribution in [0.25, 0.3) is 10.9 Å². The van der Waals surface area contributed by atoms with Crippen LogP contribution >= 0.6 is 0 Å². The number of rotatable bonds is 4. The standard InChI is InChI=1S/C15H20N4O/c1-15(2,20)9-19(3)13-10-6-4-5-7-12(10)18-8-11(13)14(16)17/h4-8,20H,9H2,1-3H3,(H3,16,17). The highest BCUT2D eigenvalue weighted by Crippen LogP contribution is 2.29. The van der Waals surface area contributed by atoms with Crippen LogP contribution in [-0.2, 0) is 0 Å². The van der Waals surface area contributed by atoms with Gasteiger partial charge < -0.3 is 15.7 Å². The number of aromatic nitrogens is 1. The van der Waals surface area contributed by atoms with Crippen molar-refractivity contribution >= 4 is 22.4 Å². The number of hydrogen-bond acceptors (Lipinski definition) is 4. The minimum atomic E-state index is -0.840. The van der Waals surface area contributed by atoms with Gasteiger partial charge in [-0.05, 0) is 19.9 Å². The molecule has 1 aromatic heterocycles. The van der Waals surface area contributed by atoms with E-state index in [0.29, 0.717) is 12.1 Å². The number of hydrogen-bond donors (Lipinski definition) is 3. The van der Waals surface area contributed by atoms with E-state index in [1.807, 2.05) is 36.2 Å². The Kier molecular flexibility index (Phi) is 3.63. The lowest BCUT2D eigenvalue weighted by Gasteiger charge is -2.29. The Balaban J connectivity index is 2.63. The summed E-state index contributed by atoms with van der Waals surface area (Å²) in [5.41, 5.74) is 7.07. The predicted molar refractivity (Wildman–Crippen MR) is 82.3 cm³/mol. The first-order valence-corrected chi connectivity index (χ1v) is 6.45. The van der Waals surface area contributed by atoms with E-state index in [-0.39, 0.29) is 5.84 Å². The van der Waals surface area contributed by atoms with Crippen LogP contribution in [0.15, 0.2) is 30.5 Å². The number of nitrogens with zero attached hydrogens (tertiary/aromatic N) is 2. The smallest absolute Gasteiger partial charge is 0.126 e. The van der Waals surface area contributed by atoms with E-state index >= 15 is 0 Å². The summed E-state index contributed by atoms with van der Waals surface area (Å²) in [4.78, 5) is 6.25. The number of nitrogens with two attached hydrogens (primary N) is 1. The third-order valence-electron chi connectivity index (χ3n) is 3.04. The van der Waals surface area contributed by atoms with Crippen molar-refractivity contribution in [3.8, 4) is 0 Å². The van der Waals surface area contributed by atoms with E-state index < -0.39 is 5.60 Å². The van der Waals surface area contributed by atoms with Crippen molar-refractivity contribution in [3.63, 3.8) is 0 Å². The van der Waals surface area contributed by atoms with Gasteiger partial charge in [-0.3, -0.25) is 10.4 Å². The molecular formula is C15H20N4O. The molecular weight excluding hydrogens is 252 g/mol. The summed E-state index contributed by atoms with van der Waals surface area (Å²) in [6.07, 6.45) is 1.61. The van der Waals surface area contributed by atoms with Crippen LogP contribution in [0, 0.1) is 5.41 Å². The van der Waals surface area contributed by atoms with Gasteiger partial charge in [-0.15, -0.1) is 0 Å². The molecule has 0 bridgehead atoms. The number of nitrogens with one attached hydrogen (secondary N) is 1. The second kappa shape index (κ2) is 5.09. The number of fused-ring (bicyclic) bond motifs is 1. The fourth-order valence-corrected chi connectivity index (χ4v) is 2.39. The summed E-state index contributed by atoms with van der Waals surface area (Å²) >= 11 is 0. The van der Waals surface area contributed by atoms with Crippen molar-refractivity contribution in [1.82, 2.24) is 4.98 Å². The molecule has 0 atom stereocenters. The average Bonchev–Trinajstić information content (AvgIpc) is 2.35. The lowest BCUT2D eigenvalue weighted by atomic mass is 10.0. The number of pyridine rings is 1. The highest BCUT2D eigenvalue weighted by Gasteiger charge is 2.20. The third kappa shape index (κ3) is 2.88. The molecule has 2 aromatic rings. The van der Waals surface area contributed by atoms with E-state index in [4.69, 9.17) is 11.1 Å². The molecule has 2 rings (SSSR count). The number of nitrogen functional groups attached to an aromatic ring is 1. The molecule has 20 heavy (non-hydrogen) atoms. The Labute approximate surface area is 118 Å². The number of aliphatic hydroxyl groups is 1. The van der Waals surface area contributed by atoms with E-state index in [1.165, 1.54) is 0 Å². The zero-order valence-electron chi connectivity index (χ0n) is 12.0. The summed E-state index contributed by atoms with van der Waals surface area (Å²) < 4.78 is 0. The molecule has 0 amide bonds. The van der Waals surface area contributed by atoms with Crippen LogP contribution in [0.2, 0.25) is 0 Å². The Morgan fingerprint density at radius 1 is 1.40 bits per heavy atom. The summed E-state index contributed by atoms with van der Waals surface area (Å²) in [5.74, 6) is -0.0270. The number of benzene rings is 1. The molecule has 0 fully saturated rings. The number of para-hydroxylation sites is 1. The zero-order valence-corrected chi connectivity index (χ0v) is 12.0. The Hall–Kier alpha value is -2.14. The Bertz CT molecular complexity index is 646. The molecule has 5 nitrogen and oxygen atoms in total. The van der Waals surface area contributed by atoms with E-state index in [9.17, 15) is 5.11 Å². The van der Waals surface area contributed by atoms with Crippen LogP contribution in [0.1, 0.15) is 19.4 Å². The van der Waals surface area contributed by atoms with Crippen molar-refractivity contribution < 1.29 is 5.11 Å². The molecule has 4 N–H and O–H groups in total. The van der Waals surface area contributed by atoms with Crippen LogP contribution in [0.5, 0.6) is 0 Å². The number of likely N-dealkylation sites (N-methyl/N-ethyl adjacent to an activating group) is 1. The topological polar surface area (TPSA) is 86.2 Å². The minimum Gasteiger partial charge on any atom is -0.389 e. The van der Waals surface area contributed by atoms with Gasteiger partial charge in [0.25, 0.3) is 0 Å². The summed E-state index contributed by atoms with van der Waals surface area (Å²) in [5, 5.41) is 18.7. The van der Waals surface area contributed by atoms with Crippen molar-refractivity contribution in [1.29, 1.82) is 5.41 Å². The monoisotopic (exact) mass is 272 g/mol. The van der Waals surface area contributed by atoms with E-state index in [2.05, 4.69) is 4.98 Å². The van der Waals surface area contributed by atoms with Gasteiger partial charge in [-0.2, -0.15) is 0 Å². The van der Waals surface area contributed by atoms with Crippen LogP contribution < -0.4 is 10.6 Å². The molecule has 0 saturated heterocycles. The third-order valence-corrected chi connectivity index (χ3v) is 3.04. The summed E-state index contributed by atoms with van der Waals surface area (Å²) in [7, 11) is 1.88. The zero-order chi connectivity index (χ0) is 14.9. The summed E-state index contributed by atoms with van der Waals surface area (Å²) in [6.45, 7) is 3.93. The molecule has 0 unspecified atom stereocenters. The lowest BCUT2D eigenvalue weighted by Crippen LogP contribution is -2.37. The molecule has 0 spiro atoms. The quantitative estimate of drug-likeness (QED) is 0.584. The van der Waals surface area contributed by atoms with Crippen molar-refractivity contribution in [2.75, 3.05) is 18.5 Å².